The topological polar surface area (TPSA) is 34.1 Å². The van der Waals surface area contributed by atoms with Gasteiger partial charge in [0.25, 0.3) is 0 Å². The van der Waals surface area contributed by atoms with Crippen molar-refractivity contribution in [3.63, 3.8) is 0 Å². The van der Waals surface area contributed by atoms with Crippen LogP contribution in [-0.4, -0.2) is 12.1 Å². The molecule has 0 saturated carbocycles. The summed E-state index contributed by atoms with van der Waals surface area (Å²) < 4.78 is 0. The SMILES string of the molecule is CC(=O)CC=O.[Cu]. The minimum absolute atomic E-state index is 0. The van der Waals surface area contributed by atoms with E-state index in [1.165, 1.54) is 6.92 Å². The van der Waals surface area contributed by atoms with Gasteiger partial charge in [0.05, 0.1) is 6.42 Å². The van der Waals surface area contributed by atoms with Crippen LogP contribution in [0.2, 0.25) is 0 Å². The first kappa shape index (κ1) is 9.97. The van der Waals surface area contributed by atoms with Gasteiger partial charge in [-0.3, -0.25) is 4.79 Å². The van der Waals surface area contributed by atoms with Crippen LogP contribution >= 0.6 is 0 Å². The van der Waals surface area contributed by atoms with Crippen LogP contribution in [0.15, 0.2) is 0 Å². The molecule has 0 amide bonds. The molecule has 0 aromatic rings. The van der Waals surface area contributed by atoms with Gasteiger partial charge in [-0.25, -0.2) is 0 Å². The molecule has 1 radical (unpaired) electrons. The second-order valence-electron chi connectivity index (χ2n) is 1.07. The van der Waals surface area contributed by atoms with Gasteiger partial charge in [-0.15, -0.1) is 0 Å². The molecule has 2 nitrogen and oxygen atoms in total. The van der Waals surface area contributed by atoms with Crippen molar-refractivity contribution in [1.82, 2.24) is 0 Å². The molecule has 0 saturated heterocycles. The third-order valence-corrected chi connectivity index (χ3v) is 0.371. The molecule has 0 bridgehead atoms. The smallest absolute Gasteiger partial charge is 0.136 e. The molecule has 0 fully saturated rings. The molecular weight excluding hydrogens is 144 g/mol. The molecule has 0 aromatic heterocycles. The van der Waals surface area contributed by atoms with Crippen LogP contribution in [0.4, 0.5) is 0 Å². The first-order valence-electron chi connectivity index (χ1n) is 1.70. The normalized spacial score (nSPS) is 6.43. The zero-order valence-corrected chi connectivity index (χ0v) is 4.84. The van der Waals surface area contributed by atoms with E-state index in [9.17, 15) is 9.59 Å². The van der Waals surface area contributed by atoms with E-state index in [0.717, 1.165) is 0 Å². The van der Waals surface area contributed by atoms with E-state index in [1.807, 2.05) is 0 Å². The van der Waals surface area contributed by atoms with E-state index in [2.05, 4.69) is 0 Å². The Labute approximate surface area is 52.8 Å². The van der Waals surface area contributed by atoms with Crippen LogP contribution < -0.4 is 0 Å². The van der Waals surface area contributed by atoms with Crippen LogP contribution in [0.5, 0.6) is 0 Å². The fourth-order valence-electron chi connectivity index (χ4n) is 0.117. The minimum Gasteiger partial charge on any atom is -0.303 e. The molecule has 7 heavy (non-hydrogen) atoms. The molecule has 3 heteroatoms. The molecule has 0 aliphatic heterocycles. The number of hydrogen-bond donors (Lipinski definition) is 0. The second-order valence-corrected chi connectivity index (χ2v) is 1.07. The van der Waals surface area contributed by atoms with Crippen molar-refractivity contribution in [3.8, 4) is 0 Å². The Morgan fingerprint density at radius 3 is 2.14 bits per heavy atom. The summed E-state index contributed by atoms with van der Waals surface area (Å²) in [7, 11) is 0. The maximum Gasteiger partial charge on any atom is 0.136 e. The van der Waals surface area contributed by atoms with Crippen LogP contribution in [0, 0.1) is 0 Å². The Hall–Kier alpha value is -0.141. The van der Waals surface area contributed by atoms with Crippen molar-refractivity contribution in [1.29, 1.82) is 0 Å². The quantitative estimate of drug-likeness (QED) is 0.319. The van der Waals surface area contributed by atoms with Gasteiger partial charge in [-0.2, -0.15) is 0 Å². The van der Waals surface area contributed by atoms with Gasteiger partial charge in [0.15, 0.2) is 0 Å². The zero-order chi connectivity index (χ0) is 4.99. The molecule has 0 atom stereocenters. The predicted molar refractivity (Wildman–Crippen MR) is 21.4 cm³/mol. The van der Waals surface area contributed by atoms with E-state index in [0.29, 0.717) is 6.29 Å². The maximum atomic E-state index is 9.81. The number of ketones is 1. The molecule has 0 N–H and O–H groups in total. The molecule has 0 aliphatic rings. The number of rotatable bonds is 2. The summed E-state index contributed by atoms with van der Waals surface area (Å²) in [6, 6.07) is 0. The van der Waals surface area contributed by atoms with Crippen LogP contribution in [0.3, 0.4) is 0 Å². The Morgan fingerprint density at radius 2 is 2.14 bits per heavy atom. The van der Waals surface area contributed by atoms with Gasteiger partial charge in [0, 0.05) is 17.1 Å². The molecule has 0 rings (SSSR count). The standard InChI is InChI=1S/C4H6O2.Cu/c1-4(6)2-3-5;/h3H,2H2,1H3;. The summed E-state index contributed by atoms with van der Waals surface area (Å²) in [5.74, 6) is -0.0787. The fraction of sp³-hybridized carbons (Fsp3) is 0.500. The number of carbonyl (C=O) groups excluding carboxylic acids is 2. The second kappa shape index (κ2) is 5.86. The van der Waals surface area contributed by atoms with Gasteiger partial charge in [-0.1, -0.05) is 0 Å². The Bertz CT molecular complexity index is 70.1. The molecule has 0 aliphatic carbocycles. The predicted octanol–water partition coefficient (Wildman–Crippen LogP) is 0.162. The van der Waals surface area contributed by atoms with Crippen molar-refractivity contribution in [3.05, 3.63) is 0 Å². The van der Waals surface area contributed by atoms with E-state index < -0.39 is 0 Å². The Morgan fingerprint density at radius 1 is 1.71 bits per heavy atom. The average molecular weight is 150 g/mol. The third-order valence-electron chi connectivity index (χ3n) is 0.371. The summed E-state index contributed by atoms with van der Waals surface area (Å²) in [5, 5.41) is 0. The van der Waals surface area contributed by atoms with Crippen LogP contribution in [0.25, 0.3) is 0 Å². The summed E-state index contributed by atoms with van der Waals surface area (Å²) >= 11 is 0. The van der Waals surface area contributed by atoms with Crippen molar-refractivity contribution in [2.75, 3.05) is 0 Å². The van der Waals surface area contributed by atoms with Crippen molar-refractivity contribution in [2.24, 2.45) is 0 Å². The zero-order valence-electron chi connectivity index (χ0n) is 3.90. The maximum absolute atomic E-state index is 9.81. The Kier molecular flexibility index (Phi) is 8.35. The largest absolute Gasteiger partial charge is 0.303 e. The molecule has 0 unspecified atom stereocenters. The van der Waals surface area contributed by atoms with Crippen molar-refractivity contribution >= 4 is 12.1 Å². The summed E-state index contributed by atoms with van der Waals surface area (Å²) in [6.07, 6.45) is 0.655. The first-order valence-corrected chi connectivity index (χ1v) is 1.70. The summed E-state index contributed by atoms with van der Waals surface area (Å²) in [4.78, 5) is 19.2. The van der Waals surface area contributed by atoms with Crippen LogP contribution in [0.1, 0.15) is 13.3 Å². The van der Waals surface area contributed by atoms with Gasteiger partial charge in [0.1, 0.15) is 12.1 Å². The van der Waals surface area contributed by atoms with Gasteiger partial charge in [-0.05, 0) is 6.92 Å². The van der Waals surface area contributed by atoms with E-state index in [-0.39, 0.29) is 29.3 Å². The first-order chi connectivity index (χ1) is 2.77. The number of Topliss-reactive ketones (excluding diaryl/α,β-unsaturated/α-hetero) is 1. The third kappa shape index (κ3) is 10.7. The molecular formula is C4H6CuO2. The monoisotopic (exact) mass is 149 g/mol. The van der Waals surface area contributed by atoms with Gasteiger partial charge >= 0.3 is 0 Å². The van der Waals surface area contributed by atoms with Crippen molar-refractivity contribution in [2.45, 2.75) is 13.3 Å². The minimum atomic E-state index is -0.0787. The van der Waals surface area contributed by atoms with E-state index in [1.54, 1.807) is 0 Å². The molecule has 0 spiro atoms. The number of carbonyl (C=O) groups is 2. The average Bonchev–Trinajstić information content (AvgIpc) is 1.35. The van der Waals surface area contributed by atoms with E-state index >= 15 is 0 Å². The fourth-order valence-corrected chi connectivity index (χ4v) is 0.117. The molecule has 0 aromatic carbocycles. The summed E-state index contributed by atoms with van der Waals surface area (Å²) in [6.45, 7) is 1.38. The number of aldehydes is 1. The Balaban J connectivity index is 0. The summed E-state index contributed by atoms with van der Waals surface area (Å²) in [5.41, 5.74) is 0. The van der Waals surface area contributed by atoms with Crippen molar-refractivity contribution < 1.29 is 26.7 Å². The number of hydrogen-bond acceptors (Lipinski definition) is 2. The molecule has 0 heterocycles. The molecule has 45 valence electrons. The van der Waals surface area contributed by atoms with Gasteiger partial charge < -0.3 is 4.79 Å². The van der Waals surface area contributed by atoms with Crippen LogP contribution in [-0.2, 0) is 26.7 Å². The van der Waals surface area contributed by atoms with Gasteiger partial charge in [0.2, 0.25) is 0 Å². The van der Waals surface area contributed by atoms with E-state index in [4.69, 9.17) is 0 Å².